The number of carbonyl (C=O) groups excluding carboxylic acids is 1. The largest absolute Gasteiger partial charge is 0.390 e. The topological polar surface area (TPSA) is 65.0 Å². The number of aliphatic hydroxyl groups is 1. The highest BCUT2D eigenvalue weighted by atomic mass is 16.5. The summed E-state index contributed by atoms with van der Waals surface area (Å²) >= 11 is 0. The molecule has 1 atom stereocenters. The van der Waals surface area contributed by atoms with E-state index in [-0.39, 0.29) is 11.3 Å². The van der Waals surface area contributed by atoms with Crippen molar-refractivity contribution in [2.45, 2.75) is 44.4 Å². The number of hydrogen-bond donors (Lipinski definition) is 2. The van der Waals surface area contributed by atoms with Gasteiger partial charge in [0, 0.05) is 49.4 Å². The Labute approximate surface area is 190 Å². The Morgan fingerprint density at radius 2 is 1.94 bits per heavy atom. The maximum absolute atomic E-state index is 13.4. The van der Waals surface area contributed by atoms with Crippen LogP contribution >= 0.6 is 0 Å². The van der Waals surface area contributed by atoms with Gasteiger partial charge in [0.15, 0.2) is 0 Å². The average Bonchev–Trinajstić information content (AvgIpc) is 2.74. The number of hydrogen-bond acceptors (Lipinski definition) is 5. The predicted octanol–water partition coefficient (Wildman–Crippen LogP) is 2.65. The molecule has 6 heteroatoms. The first-order valence-electron chi connectivity index (χ1n) is 11.6. The van der Waals surface area contributed by atoms with Gasteiger partial charge in [0.05, 0.1) is 25.4 Å². The van der Waals surface area contributed by atoms with Gasteiger partial charge in [-0.25, -0.2) is 0 Å². The number of β-amino-alcohol motifs (C(OH)–C–C–N with tert-alkyl or cyclic N) is 1. The highest BCUT2D eigenvalue weighted by Crippen LogP contribution is 2.35. The number of nitrogens with zero attached hydrogens (tertiary/aromatic N) is 2. The fourth-order valence-electron chi connectivity index (χ4n) is 5.23. The van der Waals surface area contributed by atoms with Crippen LogP contribution in [0.4, 0.5) is 5.69 Å². The molecule has 0 aliphatic carbocycles. The van der Waals surface area contributed by atoms with Crippen LogP contribution in [0.25, 0.3) is 0 Å². The molecule has 2 aromatic rings. The third-order valence-corrected chi connectivity index (χ3v) is 6.97. The van der Waals surface area contributed by atoms with E-state index < -0.39 is 6.10 Å². The molecule has 2 N–H and O–H groups in total. The number of benzene rings is 2. The second-order valence-corrected chi connectivity index (χ2v) is 10.1. The lowest BCUT2D eigenvalue weighted by Crippen LogP contribution is -2.51. The molecule has 0 bridgehead atoms. The van der Waals surface area contributed by atoms with Gasteiger partial charge >= 0.3 is 0 Å². The van der Waals surface area contributed by atoms with E-state index in [9.17, 15) is 9.90 Å². The van der Waals surface area contributed by atoms with E-state index >= 15 is 0 Å². The highest BCUT2D eigenvalue weighted by Gasteiger charge is 2.37. The number of anilines is 1. The Kier molecular flexibility index (Phi) is 5.70. The predicted molar refractivity (Wildman–Crippen MR) is 125 cm³/mol. The van der Waals surface area contributed by atoms with E-state index in [1.165, 1.54) is 11.1 Å². The quantitative estimate of drug-likeness (QED) is 0.730. The van der Waals surface area contributed by atoms with Gasteiger partial charge in [0.25, 0.3) is 5.91 Å². The third-order valence-electron chi connectivity index (χ3n) is 6.97. The molecule has 0 aromatic heterocycles. The maximum Gasteiger partial charge on any atom is 0.254 e. The molecule has 6 nitrogen and oxygen atoms in total. The first-order valence-corrected chi connectivity index (χ1v) is 11.6. The Hall–Kier alpha value is -2.41. The van der Waals surface area contributed by atoms with Crippen molar-refractivity contribution in [1.29, 1.82) is 0 Å². The van der Waals surface area contributed by atoms with E-state index in [4.69, 9.17) is 4.74 Å². The summed E-state index contributed by atoms with van der Waals surface area (Å²) in [5.41, 5.74) is 5.36. The average molecular weight is 436 g/mol. The Bertz CT molecular complexity index is 1000. The van der Waals surface area contributed by atoms with Crippen molar-refractivity contribution < 1.29 is 14.6 Å². The second-order valence-electron chi connectivity index (χ2n) is 10.1. The minimum atomic E-state index is -0.574. The Morgan fingerprint density at radius 3 is 2.69 bits per heavy atom. The number of aliphatic hydroxyl groups excluding tert-OH is 1. The lowest BCUT2D eigenvalue weighted by molar-refractivity contribution is 0.0211. The minimum Gasteiger partial charge on any atom is -0.390 e. The summed E-state index contributed by atoms with van der Waals surface area (Å²) in [6, 6.07) is 14.9. The van der Waals surface area contributed by atoms with Crippen molar-refractivity contribution in [3.63, 3.8) is 0 Å². The molecule has 170 valence electrons. The van der Waals surface area contributed by atoms with Crippen molar-refractivity contribution >= 4 is 11.6 Å². The van der Waals surface area contributed by atoms with Crippen molar-refractivity contribution in [2.24, 2.45) is 0 Å². The molecule has 1 saturated heterocycles. The standard InChI is InChI=1S/C26H33N3O3/c1-26(2)17-29(14-22(30)13-28-10-9-18-5-3-4-6-19(18)12-28)25(31)23-11-20(7-8-24(23)26)27-21-15-32-16-21/h3-8,11,21-22,27,30H,9-10,12-17H2,1-2H3. The van der Waals surface area contributed by atoms with Crippen LogP contribution in [0.5, 0.6) is 0 Å². The molecule has 0 spiro atoms. The number of amides is 1. The van der Waals surface area contributed by atoms with Crippen LogP contribution in [-0.2, 0) is 23.1 Å². The minimum absolute atomic E-state index is 0.0101. The summed E-state index contributed by atoms with van der Waals surface area (Å²) in [4.78, 5) is 17.5. The van der Waals surface area contributed by atoms with E-state index in [1.54, 1.807) is 0 Å². The molecule has 1 unspecified atom stereocenters. The molecule has 3 aliphatic rings. The normalized spacial score (nSPS) is 21.5. The second kappa shape index (κ2) is 8.50. The molecule has 1 fully saturated rings. The van der Waals surface area contributed by atoms with Gasteiger partial charge in [-0.1, -0.05) is 44.2 Å². The van der Waals surface area contributed by atoms with Crippen LogP contribution in [0.1, 0.15) is 40.9 Å². The third kappa shape index (κ3) is 4.27. The van der Waals surface area contributed by atoms with Crippen molar-refractivity contribution in [3.05, 3.63) is 64.7 Å². The summed E-state index contributed by atoms with van der Waals surface area (Å²) in [6.07, 6.45) is 0.434. The molecule has 0 saturated carbocycles. The summed E-state index contributed by atoms with van der Waals surface area (Å²) < 4.78 is 5.25. The lowest BCUT2D eigenvalue weighted by Gasteiger charge is -2.41. The molecule has 5 rings (SSSR count). The van der Waals surface area contributed by atoms with Crippen molar-refractivity contribution in [3.8, 4) is 0 Å². The zero-order valence-electron chi connectivity index (χ0n) is 19.0. The molecule has 1 amide bonds. The number of ether oxygens (including phenoxy) is 1. The summed E-state index contributed by atoms with van der Waals surface area (Å²) in [5.74, 6) is 0.0101. The van der Waals surface area contributed by atoms with E-state index in [0.717, 1.165) is 36.3 Å². The number of nitrogens with one attached hydrogen (secondary N) is 1. The lowest BCUT2D eigenvalue weighted by atomic mass is 9.77. The zero-order valence-corrected chi connectivity index (χ0v) is 19.0. The molecule has 3 heterocycles. The van der Waals surface area contributed by atoms with Gasteiger partial charge in [-0.3, -0.25) is 9.69 Å². The summed E-state index contributed by atoms with van der Waals surface area (Å²) in [6.45, 7) is 9.10. The molecule has 2 aromatic carbocycles. The maximum atomic E-state index is 13.4. The fraction of sp³-hybridized carbons (Fsp3) is 0.500. The highest BCUT2D eigenvalue weighted by molar-refractivity contribution is 5.98. The molecule has 0 radical (unpaired) electrons. The van der Waals surface area contributed by atoms with Crippen LogP contribution in [0, 0.1) is 0 Å². The van der Waals surface area contributed by atoms with Gasteiger partial charge in [-0.2, -0.15) is 0 Å². The molecule has 32 heavy (non-hydrogen) atoms. The van der Waals surface area contributed by atoms with Crippen LogP contribution in [0.3, 0.4) is 0 Å². The zero-order chi connectivity index (χ0) is 22.3. The molecule has 3 aliphatic heterocycles. The van der Waals surface area contributed by atoms with Gasteiger partial charge < -0.3 is 20.1 Å². The summed E-state index contributed by atoms with van der Waals surface area (Å²) in [7, 11) is 0. The van der Waals surface area contributed by atoms with E-state index in [0.29, 0.717) is 38.9 Å². The van der Waals surface area contributed by atoms with Gasteiger partial charge in [-0.05, 0) is 35.2 Å². The Balaban J connectivity index is 1.26. The number of carbonyl (C=O) groups is 1. The van der Waals surface area contributed by atoms with Gasteiger partial charge in [-0.15, -0.1) is 0 Å². The summed E-state index contributed by atoms with van der Waals surface area (Å²) in [5, 5.41) is 14.3. The van der Waals surface area contributed by atoms with Crippen LogP contribution in [0.15, 0.2) is 42.5 Å². The Morgan fingerprint density at radius 1 is 1.16 bits per heavy atom. The molecular formula is C26H33N3O3. The van der Waals surface area contributed by atoms with Crippen LogP contribution in [0.2, 0.25) is 0 Å². The first-order chi connectivity index (χ1) is 15.4. The monoisotopic (exact) mass is 435 g/mol. The van der Waals surface area contributed by atoms with Crippen molar-refractivity contribution in [1.82, 2.24) is 9.80 Å². The smallest absolute Gasteiger partial charge is 0.254 e. The number of fused-ring (bicyclic) bond motifs is 2. The number of rotatable bonds is 6. The van der Waals surface area contributed by atoms with Crippen LogP contribution in [-0.4, -0.2) is 72.4 Å². The van der Waals surface area contributed by atoms with E-state index in [2.05, 4.69) is 60.5 Å². The SMILES string of the molecule is CC1(C)CN(CC(O)CN2CCc3ccccc3C2)C(=O)c2cc(NC3COC3)ccc21. The van der Waals surface area contributed by atoms with Gasteiger partial charge in [0.1, 0.15) is 0 Å². The van der Waals surface area contributed by atoms with E-state index in [1.807, 2.05) is 11.0 Å². The van der Waals surface area contributed by atoms with Crippen molar-refractivity contribution in [2.75, 3.05) is 44.7 Å². The first kappa shape index (κ1) is 21.4. The fourth-order valence-corrected chi connectivity index (χ4v) is 5.23. The molecular weight excluding hydrogens is 402 g/mol. The van der Waals surface area contributed by atoms with Crippen LogP contribution < -0.4 is 5.32 Å². The van der Waals surface area contributed by atoms with Gasteiger partial charge in [0.2, 0.25) is 0 Å².